The van der Waals surface area contributed by atoms with E-state index in [-0.39, 0.29) is 25.0 Å². The topological polar surface area (TPSA) is 73.8 Å². The highest BCUT2D eigenvalue weighted by Crippen LogP contribution is 2.42. The Morgan fingerprint density at radius 3 is 2.62 bits per heavy atom. The van der Waals surface area contributed by atoms with Gasteiger partial charge in [-0.2, -0.15) is 0 Å². The Labute approximate surface area is 236 Å². The molecule has 3 N–H and O–H groups in total. The van der Waals surface area contributed by atoms with Crippen LogP contribution in [0, 0.1) is 29.3 Å². The third-order valence-electron chi connectivity index (χ3n) is 8.69. The number of nitrogens with one attached hydrogen (secondary N) is 2. The Kier molecular flexibility index (Phi) is 12.1. The van der Waals surface area contributed by atoms with Crippen LogP contribution >= 0.6 is 0 Å². The Morgan fingerprint density at radius 2 is 1.95 bits per heavy atom. The molecular weight excluding hydrogens is 526 g/mol. The lowest BCUT2D eigenvalue weighted by molar-refractivity contribution is -0.0595. The lowest BCUT2D eigenvalue weighted by Crippen LogP contribution is -2.54. The van der Waals surface area contributed by atoms with E-state index in [4.69, 9.17) is 4.74 Å². The zero-order chi connectivity index (χ0) is 29.3. The van der Waals surface area contributed by atoms with Crippen LogP contribution in [0.15, 0.2) is 12.1 Å². The van der Waals surface area contributed by atoms with Crippen LogP contribution in [0.3, 0.4) is 0 Å². The number of nitrogens with zero attached hydrogens (tertiary/aromatic N) is 1. The molecule has 0 spiro atoms. The van der Waals surface area contributed by atoms with E-state index in [1.165, 1.54) is 0 Å². The number of unbranched alkanes of at least 4 members (excludes halogenated alkanes) is 1. The second-order valence-corrected chi connectivity index (χ2v) is 11.9. The minimum Gasteiger partial charge on any atom is -0.385 e. The van der Waals surface area contributed by atoms with E-state index in [0.717, 1.165) is 25.3 Å². The molecule has 1 aliphatic heterocycles. The van der Waals surface area contributed by atoms with Crippen LogP contribution in [0.5, 0.6) is 0 Å². The number of likely N-dealkylation sites (tertiary alicyclic amines) is 1. The predicted molar refractivity (Wildman–Crippen MR) is 147 cm³/mol. The van der Waals surface area contributed by atoms with Crippen molar-refractivity contribution in [2.75, 3.05) is 39.9 Å². The molecular formula is C30H47F4N3O3. The molecule has 1 saturated heterocycles. The highest BCUT2D eigenvalue weighted by Gasteiger charge is 2.44. The molecule has 0 radical (unpaired) electrons. The van der Waals surface area contributed by atoms with Crippen LogP contribution in [0.25, 0.3) is 0 Å². The summed E-state index contributed by atoms with van der Waals surface area (Å²) in [6.07, 6.45) is 5.51. The highest BCUT2D eigenvalue weighted by molar-refractivity contribution is 5.74. The van der Waals surface area contributed by atoms with Crippen LogP contribution in [0.1, 0.15) is 83.6 Å². The van der Waals surface area contributed by atoms with E-state index in [1.807, 2.05) is 14.0 Å². The van der Waals surface area contributed by atoms with E-state index in [9.17, 15) is 27.5 Å². The number of aliphatic hydroxyl groups is 1. The van der Waals surface area contributed by atoms with Gasteiger partial charge in [-0.1, -0.05) is 0 Å². The third kappa shape index (κ3) is 8.79. The van der Waals surface area contributed by atoms with Gasteiger partial charge in [-0.05, 0) is 97.1 Å². The number of piperidine rings is 1. The summed E-state index contributed by atoms with van der Waals surface area (Å²) in [7, 11) is 1.81. The molecule has 3 rings (SSSR count). The number of benzene rings is 1. The third-order valence-corrected chi connectivity index (χ3v) is 8.69. The Hall–Kier alpha value is -1.91. The maximum Gasteiger partial charge on any atom is 0.317 e. The molecule has 2 aliphatic rings. The molecule has 0 bridgehead atoms. The largest absolute Gasteiger partial charge is 0.385 e. The highest BCUT2D eigenvalue weighted by atomic mass is 19.2. The second kappa shape index (κ2) is 14.8. The first-order valence-electron chi connectivity index (χ1n) is 14.8. The summed E-state index contributed by atoms with van der Waals surface area (Å²) in [6.45, 7) is 5.67. The second-order valence-electron chi connectivity index (χ2n) is 11.9. The maximum atomic E-state index is 15.0. The number of amides is 2. The fourth-order valence-corrected chi connectivity index (χ4v) is 6.35. The number of urea groups is 1. The summed E-state index contributed by atoms with van der Waals surface area (Å²) >= 11 is 0. The van der Waals surface area contributed by atoms with Gasteiger partial charge in [0.15, 0.2) is 11.6 Å². The van der Waals surface area contributed by atoms with E-state index >= 15 is 0 Å². The van der Waals surface area contributed by atoms with Crippen LogP contribution < -0.4 is 10.6 Å². The average molecular weight is 574 g/mol. The molecule has 0 aromatic heterocycles. The van der Waals surface area contributed by atoms with Gasteiger partial charge in [-0.25, -0.2) is 22.4 Å². The van der Waals surface area contributed by atoms with Gasteiger partial charge in [0.1, 0.15) is 11.5 Å². The fraction of sp³-hybridized carbons (Fsp3) is 0.767. The van der Waals surface area contributed by atoms with Crippen molar-refractivity contribution in [3.8, 4) is 0 Å². The van der Waals surface area contributed by atoms with Crippen LogP contribution in [-0.2, 0) is 10.3 Å². The van der Waals surface area contributed by atoms with E-state index in [1.54, 1.807) is 11.8 Å². The first-order chi connectivity index (χ1) is 19.0. The van der Waals surface area contributed by atoms with Gasteiger partial charge in [0, 0.05) is 56.4 Å². The zero-order valence-corrected chi connectivity index (χ0v) is 24.2. The van der Waals surface area contributed by atoms with Gasteiger partial charge in [0.2, 0.25) is 0 Å². The van der Waals surface area contributed by atoms with Crippen LogP contribution in [-0.4, -0.2) is 67.6 Å². The molecule has 2 amide bonds. The smallest absolute Gasteiger partial charge is 0.317 e. The summed E-state index contributed by atoms with van der Waals surface area (Å²) in [5.74, 6) is -3.86. The number of carbonyl (C=O) groups excluding carboxylic acids is 1. The molecule has 0 unspecified atom stereocenters. The van der Waals surface area contributed by atoms with Gasteiger partial charge >= 0.3 is 6.03 Å². The molecule has 1 aromatic carbocycles. The number of ether oxygens (including phenoxy) is 1. The van der Waals surface area contributed by atoms with Crippen molar-refractivity contribution < 1.29 is 32.2 Å². The van der Waals surface area contributed by atoms with Gasteiger partial charge in [-0.3, -0.25) is 0 Å². The normalized spacial score (nSPS) is 25.9. The first kappa shape index (κ1) is 32.6. The number of hydrogen-bond acceptors (Lipinski definition) is 4. The standard InChI is InChI=1S/C30H47F4N3O3/c1-4-40-15-6-5-11-30(39,25-17-23(31)18-26(32)27(25)33)22-8-7-14-37(20-22)28(38)36-24(19-35-3)16-21-9-12-29(2,34)13-10-21/h17-18,21-22,24,35,39H,4-16,19-20H2,1-3H3,(H,36,38)/t21?,22-,24+,29?,30+/m1/s1. The molecule has 228 valence electrons. The Morgan fingerprint density at radius 1 is 1.23 bits per heavy atom. The molecule has 1 aromatic rings. The van der Waals surface area contributed by atoms with Crippen molar-refractivity contribution in [2.24, 2.45) is 11.8 Å². The van der Waals surface area contributed by atoms with Crippen LogP contribution in [0.2, 0.25) is 0 Å². The maximum absolute atomic E-state index is 15.0. The monoisotopic (exact) mass is 573 g/mol. The van der Waals surface area contributed by atoms with E-state index in [2.05, 4.69) is 10.6 Å². The summed E-state index contributed by atoms with van der Waals surface area (Å²) in [4.78, 5) is 15.0. The Bertz CT molecular complexity index is 956. The summed E-state index contributed by atoms with van der Waals surface area (Å²) in [5.41, 5.74) is -3.38. The lowest BCUT2D eigenvalue weighted by atomic mass is 9.74. The zero-order valence-electron chi connectivity index (χ0n) is 24.2. The van der Waals surface area contributed by atoms with Gasteiger partial charge in [-0.15, -0.1) is 0 Å². The number of carbonyl (C=O) groups is 1. The number of hydrogen-bond donors (Lipinski definition) is 3. The average Bonchev–Trinajstić information content (AvgIpc) is 2.91. The molecule has 10 heteroatoms. The summed E-state index contributed by atoms with van der Waals surface area (Å²) < 4.78 is 63.1. The minimum atomic E-state index is -1.86. The van der Waals surface area contributed by atoms with E-state index < -0.39 is 40.2 Å². The molecule has 2 fully saturated rings. The summed E-state index contributed by atoms with van der Waals surface area (Å²) in [5, 5.41) is 18.1. The van der Waals surface area contributed by atoms with Gasteiger partial charge < -0.3 is 25.4 Å². The van der Waals surface area contributed by atoms with Crippen molar-refractivity contribution in [1.82, 2.24) is 15.5 Å². The van der Waals surface area contributed by atoms with Crippen molar-refractivity contribution in [1.29, 1.82) is 0 Å². The number of alkyl halides is 1. The van der Waals surface area contributed by atoms with Crippen molar-refractivity contribution >= 4 is 6.03 Å². The predicted octanol–water partition coefficient (Wildman–Crippen LogP) is 5.82. The van der Waals surface area contributed by atoms with Gasteiger partial charge in [0.25, 0.3) is 0 Å². The summed E-state index contributed by atoms with van der Waals surface area (Å²) in [6, 6.07) is 0.895. The first-order valence-corrected chi connectivity index (χ1v) is 14.8. The molecule has 1 heterocycles. The lowest BCUT2D eigenvalue weighted by Gasteiger charge is -2.43. The molecule has 1 saturated carbocycles. The number of rotatable bonds is 13. The van der Waals surface area contributed by atoms with Crippen molar-refractivity contribution in [2.45, 2.75) is 95.4 Å². The minimum absolute atomic E-state index is 0.0809. The van der Waals surface area contributed by atoms with Crippen molar-refractivity contribution in [3.63, 3.8) is 0 Å². The van der Waals surface area contributed by atoms with Crippen LogP contribution in [0.4, 0.5) is 22.4 Å². The number of halogens is 4. The molecule has 40 heavy (non-hydrogen) atoms. The van der Waals surface area contributed by atoms with Gasteiger partial charge in [0.05, 0.1) is 5.60 Å². The quantitative estimate of drug-likeness (QED) is 0.158. The molecule has 1 aliphatic carbocycles. The molecule has 3 atom stereocenters. The van der Waals surface area contributed by atoms with E-state index in [0.29, 0.717) is 76.8 Å². The number of likely N-dealkylation sites (N-methyl/N-ethyl adjacent to an activating group) is 1. The SMILES string of the molecule is CCOCCCC[C@@](O)(c1cc(F)cc(F)c1F)[C@@H]1CCCN(C(=O)N[C@H](CNC)CC2CCC(C)(F)CC2)C1. The molecule has 6 nitrogen and oxygen atoms in total. The fourth-order valence-electron chi connectivity index (χ4n) is 6.35. The Balaban J connectivity index is 1.72. The van der Waals surface area contributed by atoms with Crippen molar-refractivity contribution in [3.05, 3.63) is 35.1 Å².